The Bertz CT molecular complexity index is 1010. The zero-order valence-corrected chi connectivity index (χ0v) is 21.6. The second-order valence-electron chi connectivity index (χ2n) is 7.53. The third-order valence-corrected chi connectivity index (χ3v) is 5.47. The highest BCUT2D eigenvalue weighted by Crippen LogP contribution is 2.33. The molecule has 0 bridgehead atoms. The first kappa shape index (κ1) is 26.7. The van der Waals surface area contributed by atoms with E-state index in [2.05, 4.69) is 45.0 Å². The van der Waals surface area contributed by atoms with Gasteiger partial charge in [0.15, 0.2) is 11.5 Å². The molecular formula is C24H27ClIN3O4. The first-order chi connectivity index (χ1) is 15.7. The van der Waals surface area contributed by atoms with E-state index in [0.717, 1.165) is 3.57 Å². The van der Waals surface area contributed by atoms with E-state index in [-0.39, 0.29) is 11.8 Å². The first-order valence-corrected chi connectivity index (χ1v) is 11.7. The molecule has 0 radical (unpaired) electrons. The molecule has 0 heterocycles. The largest absolute Gasteiger partial charge is 0.493 e. The molecule has 0 aliphatic rings. The van der Waals surface area contributed by atoms with Crippen molar-refractivity contribution in [1.82, 2.24) is 10.7 Å². The second-order valence-corrected chi connectivity index (χ2v) is 9.13. The third kappa shape index (κ3) is 8.36. The van der Waals surface area contributed by atoms with Crippen molar-refractivity contribution in [2.75, 3.05) is 13.7 Å². The Hall–Kier alpha value is -2.59. The molecule has 0 saturated heterocycles. The van der Waals surface area contributed by atoms with Crippen LogP contribution in [0, 0.1) is 9.49 Å². The average Bonchev–Trinajstić information content (AvgIpc) is 2.77. The average molecular weight is 584 g/mol. The molecule has 1 atom stereocenters. The van der Waals surface area contributed by atoms with Gasteiger partial charge in [-0.15, -0.1) is 0 Å². The van der Waals surface area contributed by atoms with Crippen LogP contribution in [0.4, 0.5) is 0 Å². The molecule has 0 fully saturated rings. The lowest BCUT2D eigenvalue weighted by Crippen LogP contribution is -2.46. The smallest absolute Gasteiger partial charge is 0.262 e. The van der Waals surface area contributed by atoms with Gasteiger partial charge in [0, 0.05) is 10.6 Å². The number of carbonyl (C=O) groups is 2. The van der Waals surface area contributed by atoms with Crippen LogP contribution >= 0.6 is 34.2 Å². The summed E-state index contributed by atoms with van der Waals surface area (Å²) in [5.74, 6) is 0.579. The second kappa shape index (κ2) is 13.2. The molecule has 176 valence electrons. The number of nitrogens with zero attached hydrogens (tertiary/aromatic N) is 1. The van der Waals surface area contributed by atoms with Crippen LogP contribution in [0.3, 0.4) is 0 Å². The zero-order valence-electron chi connectivity index (χ0n) is 18.7. The summed E-state index contributed by atoms with van der Waals surface area (Å²) in [5.41, 5.74) is 3.65. The van der Waals surface area contributed by atoms with Gasteiger partial charge in [-0.25, -0.2) is 5.43 Å². The Labute approximate surface area is 212 Å². The van der Waals surface area contributed by atoms with Crippen LogP contribution in [0.5, 0.6) is 11.5 Å². The fourth-order valence-corrected chi connectivity index (χ4v) is 3.80. The molecule has 0 saturated carbocycles. The van der Waals surface area contributed by atoms with Crippen molar-refractivity contribution in [3.8, 4) is 11.5 Å². The van der Waals surface area contributed by atoms with Gasteiger partial charge in [-0.2, -0.15) is 5.10 Å². The molecule has 1 unspecified atom stereocenters. The summed E-state index contributed by atoms with van der Waals surface area (Å²) in [5, 5.41) is 7.37. The van der Waals surface area contributed by atoms with E-state index in [0.29, 0.717) is 40.7 Å². The SMILES string of the molecule is C=CCOc1c(I)cc(/C=N/NC(=O)C(CC(C)C)NC(=O)c2ccc(Cl)cc2)cc1OC. The van der Waals surface area contributed by atoms with E-state index in [1.807, 2.05) is 19.9 Å². The van der Waals surface area contributed by atoms with Crippen molar-refractivity contribution < 1.29 is 19.1 Å². The molecule has 2 aromatic carbocycles. The number of amides is 2. The van der Waals surface area contributed by atoms with Crippen LogP contribution in [0.15, 0.2) is 54.2 Å². The highest BCUT2D eigenvalue weighted by Gasteiger charge is 2.22. The molecule has 0 aliphatic carbocycles. The molecule has 0 aromatic heterocycles. The lowest BCUT2D eigenvalue weighted by molar-refractivity contribution is -0.123. The van der Waals surface area contributed by atoms with E-state index < -0.39 is 11.9 Å². The summed E-state index contributed by atoms with van der Waals surface area (Å²) in [4.78, 5) is 25.3. The summed E-state index contributed by atoms with van der Waals surface area (Å²) in [6, 6.07) is 9.34. The number of hydrogen-bond acceptors (Lipinski definition) is 5. The first-order valence-electron chi connectivity index (χ1n) is 10.3. The van der Waals surface area contributed by atoms with Gasteiger partial charge in [-0.05, 0) is 76.9 Å². The predicted molar refractivity (Wildman–Crippen MR) is 139 cm³/mol. The highest BCUT2D eigenvalue weighted by atomic mass is 127. The van der Waals surface area contributed by atoms with Gasteiger partial charge in [-0.1, -0.05) is 38.1 Å². The van der Waals surface area contributed by atoms with E-state index in [9.17, 15) is 9.59 Å². The summed E-state index contributed by atoms with van der Waals surface area (Å²) in [6.45, 7) is 7.95. The third-order valence-electron chi connectivity index (χ3n) is 4.42. The number of halogens is 2. The van der Waals surface area contributed by atoms with Crippen LogP contribution < -0.4 is 20.2 Å². The van der Waals surface area contributed by atoms with Crippen molar-refractivity contribution in [2.24, 2.45) is 11.0 Å². The molecule has 33 heavy (non-hydrogen) atoms. The maximum absolute atomic E-state index is 12.7. The maximum atomic E-state index is 12.7. The molecule has 0 aliphatic heterocycles. The standard InChI is InChI=1S/C24H27ClIN3O4/c1-5-10-33-22-19(26)12-16(13-21(22)32-4)14-27-29-24(31)20(11-15(2)3)28-23(30)17-6-8-18(25)9-7-17/h5-9,12-15,20H,1,10-11H2,2-4H3,(H,28,30)(H,29,31)/b27-14+. The van der Waals surface area contributed by atoms with Crippen LogP contribution in [-0.2, 0) is 4.79 Å². The topological polar surface area (TPSA) is 89.0 Å². The number of carbonyl (C=O) groups excluding carboxylic acids is 2. The molecule has 7 nitrogen and oxygen atoms in total. The van der Waals surface area contributed by atoms with Gasteiger partial charge < -0.3 is 14.8 Å². The van der Waals surface area contributed by atoms with Crippen molar-refractivity contribution in [2.45, 2.75) is 26.3 Å². The van der Waals surface area contributed by atoms with Gasteiger partial charge in [0.1, 0.15) is 12.6 Å². The quantitative estimate of drug-likeness (QED) is 0.172. The van der Waals surface area contributed by atoms with Crippen molar-refractivity contribution in [3.63, 3.8) is 0 Å². The normalized spacial score (nSPS) is 11.8. The van der Waals surface area contributed by atoms with Gasteiger partial charge in [0.25, 0.3) is 11.8 Å². The molecule has 2 aromatic rings. The van der Waals surface area contributed by atoms with Crippen LogP contribution in [0.2, 0.25) is 5.02 Å². The molecule has 2 rings (SSSR count). The molecular weight excluding hydrogens is 557 g/mol. The van der Waals surface area contributed by atoms with E-state index in [1.165, 1.54) is 6.21 Å². The Kier molecular flexibility index (Phi) is 10.7. The Morgan fingerprint density at radius 3 is 2.55 bits per heavy atom. The van der Waals surface area contributed by atoms with Gasteiger partial charge in [-0.3, -0.25) is 9.59 Å². The van der Waals surface area contributed by atoms with Crippen molar-refractivity contribution >= 4 is 52.2 Å². The number of hydrogen-bond donors (Lipinski definition) is 2. The summed E-state index contributed by atoms with van der Waals surface area (Å²) in [7, 11) is 1.55. The van der Waals surface area contributed by atoms with E-state index in [1.54, 1.807) is 43.5 Å². The van der Waals surface area contributed by atoms with E-state index in [4.69, 9.17) is 21.1 Å². The lowest BCUT2D eigenvalue weighted by atomic mass is 10.0. The van der Waals surface area contributed by atoms with E-state index >= 15 is 0 Å². The highest BCUT2D eigenvalue weighted by molar-refractivity contribution is 14.1. The summed E-state index contributed by atoms with van der Waals surface area (Å²) in [6.07, 6.45) is 3.62. The molecule has 0 spiro atoms. The minimum absolute atomic E-state index is 0.184. The van der Waals surface area contributed by atoms with Crippen LogP contribution in [0.1, 0.15) is 36.2 Å². The fourth-order valence-electron chi connectivity index (χ4n) is 2.89. The fraction of sp³-hybridized carbons (Fsp3) is 0.292. The van der Waals surface area contributed by atoms with Crippen LogP contribution in [0.25, 0.3) is 0 Å². The minimum atomic E-state index is -0.741. The number of nitrogens with one attached hydrogen (secondary N) is 2. The summed E-state index contributed by atoms with van der Waals surface area (Å²) < 4.78 is 11.9. The number of benzene rings is 2. The minimum Gasteiger partial charge on any atom is -0.493 e. The predicted octanol–water partition coefficient (Wildman–Crippen LogP) is 4.81. The summed E-state index contributed by atoms with van der Waals surface area (Å²) >= 11 is 8.02. The molecule has 2 amide bonds. The van der Waals surface area contributed by atoms with Crippen LogP contribution in [-0.4, -0.2) is 37.8 Å². The monoisotopic (exact) mass is 583 g/mol. The lowest BCUT2D eigenvalue weighted by Gasteiger charge is -2.19. The Balaban J connectivity index is 2.09. The number of hydrazone groups is 1. The maximum Gasteiger partial charge on any atom is 0.262 e. The van der Waals surface area contributed by atoms with Crippen molar-refractivity contribution in [3.05, 3.63) is 68.8 Å². The molecule has 2 N–H and O–H groups in total. The Morgan fingerprint density at radius 2 is 1.94 bits per heavy atom. The number of methoxy groups -OCH3 is 1. The number of ether oxygens (including phenoxy) is 2. The van der Waals surface area contributed by atoms with Gasteiger partial charge in [0.2, 0.25) is 0 Å². The Morgan fingerprint density at radius 1 is 1.24 bits per heavy atom. The van der Waals surface area contributed by atoms with Gasteiger partial charge in [0.05, 0.1) is 16.9 Å². The van der Waals surface area contributed by atoms with Crippen molar-refractivity contribution in [1.29, 1.82) is 0 Å². The number of rotatable bonds is 11. The van der Waals surface area contributed by atoms with Gasteiger partial charge >= 0.3 is 0 Å². The zero-order chi connectivity index (χ0) is 24.4. The molecule has 9 heteroatoms.